The van der Waals surface area contributed by atoms with Gasteiger partial charge < -0.3 is 10.8 Å². The number of piperidine rings is 1. The number of benzene rings is 1. The van der Waals surface area contributed by atoms with Gasteiger partial charge in [0.05, 0.1) is 0 Å². The summed E-state index contributed by atoms with van der Waals surface area (Å²) in [5.41, 5.74) is 7.97. The van der Waals surface area contributed by atoms with Gasteiger partial charge in [0, 0.05) is 24.4 Å². The van der Waals surface area contributed by atoms with Crippen LogP contribution in [0.3, 0.4) is 0 Å². The molecule has 2 atom stereocenters. The summed E-state index contributed by atoms with van der Waals surface area (Å²) in [7, 11) is 0. The van der Waals surface area contributed by atoms with E-state index >= 15 is 0 Å². The highest BCUT2D eigenvalue weighted by molar-refractivity contribution is 5.41. The van der Waals surface area contributed by atoms with Gasteiger partial charge >= 0.3 is 0 Å². The molecule has 0 bridgehead atoms. The van der Waals surface area contributed by atoms with Crippen molar-refractivity contribution in [2.75, 3.05) is 18.9 Å². The molecule has 0 spiro atoms. The summed E-state index contributed by atoms with van der Waals surface area (Å²) in [4.78, 5) is 2.52. The molecular weight excluding hydrogens is 224 g/mol. The molecule has 1 heterocycles. The molecule has 3 heteroatoms. The van der Waals surface area contributed by atoms with Crippen LogP contribution < -0.4 is 5.73 Å². The molecule has 0 aromatic heterocycles. The Labute approximate surface area is 110 Å². The van der Waals surface area contributed by atoms with Gasteiger partial charge in [-0.1, -0.05) is 18.6 Å². The second-order valence-corrected chi connectivity index (χ2v) is 5.25. The highest BCUT2D eigenvalue weighted by atomic mass is 16.3. The molecule has 100 valence electrons. The fraction of sp³-hybridized carbons (Fsp3) is 0.600. The molecule has 3 nitrogen and oxygen atoms in total. The molecule has 18 heavy (non-hydrogen) atoms. The minimum atomic E-state index is 0.283. The van der Waals surface area contributed by atoms with Crippen LogP contribution in [-0.4, -0.2) is 29.2 Å². The lowest BCUT2D eigenvalue weighted by Crippen LogP contribution is -2.41. The van der Waals surface area contributed by atoms with E-state index in [1.54, 1.807) is 0 Å². The van der Waals surface area contributed by atoms with Crippen molar-refractivity contribution in [1.82, 2.24) is 4.90 Å². The standard InChI is InChI=1S/C15H24N2O/c1-12(13-5-4-6-14(16)11-13)17-9-3-2-7-15(17)8-10-18/h4-6,11-12,15,18H,2-3,7-10,16H2,1H3. The largest absolute Gasteiger partial charge is 0.399 e. The van der Waals surface area contributed by atoms with Crippen molar-refractivity contribution in [3.63, 3.8) is 0 Å². The van der Waals surface area contributed by atoms with Gasteiger partial charge in [-0.3, -0.25) is 4.90 Å². The zero-order valence-electron chi connectivity index (χ0n) is 11.2. The number of rotatable bonds is 4. The Balaban J connectivity index is 2.12. The van der Waals surface area contributed by atoms with Crippen molar-refractivity contribution in [2.45, 2.75) is 44.7 Å². The number of nitrogens with zero attached hydrogens (tertiary/aromatic N) is 1. The molecule has 1 aromatic rings. The lowest BCUT2D eigenvalue weighted by molar-refractivity contribution is 0.0826. The zero-order valence-corrected chi connectivity index (χ0v) is 11.2. The quantitative estimate of drug-likeness (QED) is 0.805. The number of nitrogen functional groups attached to an aromatic ring is 1. The average molecular weight is 248 g/mol. The summed E-state index contributed by atoms with van der Waals surface area (Å²) in [5, 5.41) is 9.19. The Kier molecular flexibility index (Phi) is 4.61. The molecule has 0 saturated carbocycles. The molecule has 1 saturated heterocycles. The summed E-state index contributed by atoms with van der Waals surface area (Å²) in [6.07, 6.45) is 4.62. The second kappa shape index (κ2) is 6.21. The Hall–Kier alpha value is -1.06. The van der Waals surface area contributed by atoms with E-state index in [9.17, 15) is 5.11 Å². The maximum Gasteiger partial charge on any atom is 0.0445 e. The van der Waals surface area contributed by atoms with Crippen molar-refractivity contribution in [1.29, 1.82) is 0 Å². The van der Waals surface area contributed by atoms with Gasteiger partial charge in [-0.15, -0.1) is 0 Å². The van der Waals surface area contributed by atoms with E-state index < -0.39 is 0 Å². The highest BCUT2D eigenvalue weighted by Gasteiger charge is 2.26. The smallest absolute Gasteiger partial charge is 0.0445 e. The lowest BCUT2D eigenvalue weighted by Gasteiger charge is -2.40. The van der Waals surface area contributed by atoms with E-state index in [1.165, 1.54) is 24.8 Å². The van der Waals surface area contributed by atoms with Crippen molar-refractivity contribution in [2.24, 2.45) is 0 Å². The van der Waals surface area contributed by atoms with E-state index in [1.807, 2.05) is 12.1 Å². The fourth-order valence-corrected chi connectivity index (χ4v) is 3.00. The van der Waals surface area contributed by atoms with Gasteiger partial charge in [-0.2, -0.15) is 0 Å². The Morgan fingerprint density at radius 2 is 2.28 bits per heavy atom. The summed E-state index contributed by atoms with van der Waals surface area (Å²) in [6.45, 7) is 3.65. The third-order valence-corrected chi connectivity index (χ3v) is 4.03. The van der Waals surface area contributed by atoms with Crippen LogP contribution >= 0.6 is 0 Å². The van der Waals surface area contributed by atoms with Crippen molar-refractivity contribution < 1.29 is 5.11 Å². The van der Waals surface area contributed by atoms with Crippen molar-refractivity contribution >= 4 is 5.69 Å². The topological polar surface area (TPSA) is 49.5 Å². The number of nitrogens with two attached hydrogens (primary N) is 1. The maximum atomic E-state index is 9.19. The molecule has 0 amide bonds. The predicted octanol–water partition coefficient (Wildman–Crippen LogP) is 2.57. The van der Waals surface area contributed by atoms with Gasteiger partial charge in [-0.05, 0) is 50.4 Å². The van der Waals surface area contributed by atoms with Gasteiger partial charge in [0.15, 0.2) is 0 Å². The van der Waals surface area contributed by atoms with E-state index in [-0.39, 0.29) is 6.61 Å². The number of hydrogen-bond acceptors (Lipinski definition) is 3. The van der Waals surface area contributed by atoms with Gasteiger partial charge in [0.25, 0.3) is 0 Å². The van der Waals surface area contributed by atoms with E-state index in [2.05, 4.69) is 24.0 Å². The van der Waals surface area contributed by atoms with Crippen LogP contribution in [0.2, 0.25) is 0 Å². The average Bonchev–Trinajstić information content (AvgIpc) is 2.39. The summed E-state index contributed by atoms with van der Waals surface area (Å²) in [5.74, 6) is 0. The highest BCUT2D eigenvalue weighted by Crippen LogP contribution is 2.30. The van der Waals surface area contributed by atoms with Crippen LogP contribution in [0.4, 0.5) is 5.69 Å². The zero-order chi connectivity index (χ0) is 13.0. The van der Waals surface area contributed by atoms with Crippen LogP contribution in [0.1, 0.15) is 44.2 Å². The maximum absolute atomic E-state index is 9.19. The van der Waals surface area contributed by atoms with Crippen molar-refractivity contribution in [3.05, 3.63) is 29.8 Å². The Morgan fingerprint density at radius 3 is 3.00 bits per heavy atom. The first-order valence-corrected chi connectivity index (χ1v) is 6.94. The number of likely N-dealkylation sites (tertiary alicyclic amines) is 1. The first-order valence-electron chi connectivity index (χ1n) is 6.94. The van der Waals surface area contributed by atoms with Crippen LogP contribution in [0.25, 0.3) is 0 Å². The lowest BCUT2D eigenvalue weighted by atomic mass is 9.95. The number of aliphatic hydroxyl groups is 1. The van der Waals surface area contributed by atoms with E-state index in [0.717, 1.165) is 18.7 Å². The molecular formula is C15H24N2O. The van der Waals surface area contributed by atoms with Crippen LogP contribution in [0, 0.1) is 0 Å². The molecule has 2 rings (SSSR count). The molecule has 3 N–H and O–H groups in total. The molecule has 0 radical (unpaired) electrons. The number of aliphatic hydroxyl groups excluding tert-OH is 1. The third-order valence-electron chi connectivity index (χ3n) is 4.03. The molecule has 1 aliphatic rings. The van der Waals surface area contributed by atoms with E-state index in [0.29, 0.717) is 12.1 Å². The molecule has 0 aliphatic carbocycles. The summed E-state index contributed by atoms with van der Waals surface area (Å²) in [6, 6.07) is 9.05. The van der Waals surface area contributed by atoms with E-state index in [4.69, 9.17) is 5.73 Å². The Morgan fingerprint density at radius 1 is 1.44 bits per heavy atom. The van der Waals surface area contributed by atoms with Gasteiger partial charge in [0.2, 0.25) is 0 Å². The van der Waals surface area contributed by atoms with Crippen LogP contribution in [-0.2, 0) is 0 Å². The minimum absolute atomic E-state index is 0.283. The first-order chi connectivity index (χ1) is 8.72. The molecule has 1 aliphatic heterocycles. The first kappa shape index (κ1) is 13.4. The monoisotopic (exact) mass is 248 g/mol. The summed E-state index contributed by atoms with van der Waals surface area (Å²) >= 11 is 0. The Bertz CT molecular complexity index is 379. The molecule has 1 aromatic carbocycles. The molecule has 2 unspecified atom stereocenters. The SMILES string of the molecule is CC(c1cccc(N)c1)N1CCCCC1CCO. The fourth-order valence-electron chi connectivity index (χ4n) is 3.00. The van der Waals surface area contributed by atoms with Crippen molar-refractivity contribution in [3.8, 4) is 0 Å². The number of hydrogen-bond donors (Lipinski definition) is 2. The normalized spacial score (nSPS) is 22.9. The second-order valence-electron chi connectivity index (χ2n) is 5.25. The molecule has 1 fully saturated rings. The van der Waals surface area contributed by atoms with Crippen LogP contribution in [0.5, 0.6) is 0 Å². The predicted molar refractivity (Wildman–Crippen MR) is 75.3 cm³/mol. The van der Waals surface area contributed by atoms with Gasteiger partial charge in [-0.25, -0.2) is 0 Å². The third kappa shape index (κ3) is 3.03. The summed E-state index contributed by atoms with van der Waals surface area (Å²) < 4.78 is 0. The number of anilines is 1. The van der Waals surface area contributed by atoms with Gasteiger partial charge in [0.1, 0.15) is 0 Å². The minimum Gasteiger partial charge on any atom is -0.399 e. The van der Waals surface area contributed by atoms with Crippen LogP contribution in [0.15, 0.2) is 24.3 Å².